The van der Waals surface area contributed by atoms with Gasteiger partial charge in [0.1, 0.15) is 12.4 Å². The minimum atomic E-state index is -4.15. The zero-order valence-corrected chi connectivity index (χ0v) is 19.6. The van der Waals surface area contributed by atoms with E-state index in [0.717, 1.165) is 34.8 Å². The lowest BCUT2D eigenvalue weighted by atomic mass is 10.1. The SMILES string of the molecule is C[C@@H](NC(=O)CN(c1ccccc1)S(=O)(=O)c1ccc(F)cc1)c1ccc(S(C)(=O)=O)cc1. The van der Waals surface area contributed by atoms with Gasteiger partial charge in [-0.1, -0.05) is 30.3 Å². The summed E-state index contributed by atoms with van der Waals surface area (Å²) in [6, 6.07) is 18.1. The second-order valence-corrected chi connectivity index (χ2v) is 11.3. The Morgan fingerprint density at radius 2 is 1.42 bits per heavy atom. The molecule has 3 aromatic rings. The van der Waals surface area contributed by atoms with Gasteiger partial charge < -0.3 is 5.32 Å². The summed E-state index contributed by atoms with van der Waals surface area (Å²) < 4.78 is 64.0. The van der Waals surface area contributed by atoms with E-state index in [1.54, 1.807) is 49.4 Å². The zero-order chi connectivity index (χ0) is 24.2. The van der Waals surface area contributed by atoms with Gasteiger partial charge in [0.2, 0.25) is 5.91 Å². The summed E-state index contributed by atoms with van der Waals surface area (Å²) in [6.07, 6.45) is 1.10. The molecule has 0 radical (unpaired) electrons. The minimum absolute atomic E-state index is 0.148. The van der Waals surface area contributed by atoms with Crippen LogP contribution in [0.4, 0.5) is 10.1 Å². The van der Waals surface area contributed by atoms with Crippen LogP contribution in [0.3, 0.4) is 0 Å². The van der Waals surface area contributed by atoms with E-state index in [-0.39, 0.29) is 15.5 Å². The van der Waals surface area contributed by atoms with Crippen LogP contribution in [0.5, 0.6) is 0 Å². The molecule has 0 bridgehead atoms. The number of benzene rings is 3. The van der Waals surface area contributed by atoms with Crippen molar-refractivity contribution in [3.63, 3.8) is 0 Å². The minimum Gasteiger partial charge on any atom is -0.348 e. The number of nitrogens with zero attached hydrogens (tertiary/aromatic N) is 1. The monoisotopic (exact) mass is 490 g/mol. The third-order valence-corrected chi connectivity index (χ3v) is 7.84. The van der Waals surface area contributed by atoms with Crippen molar-refractivity contribution < 1.29 is 26.0 Å². The van der Waals surface area contributed by atoms with Crippen molar-refractivity contribution in [2.45, 2.75) is 22.8 Å². The van der Waals surface area contributed by atoms with E-state index in [1.165, 1.54) is 12.1 Å². The molecular weight excluding hydrogens is 467 g/mol. The number of amides is 1. The van der Waals surface area contributed by atoms with E-state index in [2.05, 4.69) is 5.32 Å². The van der Waals surface area contributed by atoms with Gasteiger partial charge in [-0.25, -0.2) is 21.2 Å². The molecule has 0 saturated carbocycles. The van der Waals surface area contributed by atoms with Crippen LogP contribution in [0.1, 0.15) is 18.5 Å². The number of nitrogens with one attached hydrogen (secondary N) is 1. The van der Waals surface area contributed by atoms with Crippen LogP contribution in [-0.2, 0) is 24.7 Å². The topological polar surface area (TPSA) is 101 Å². The first-order valence-electron chi connectivity index (χ1n) is 9.91. The fourth-order valence-electron chi connectivity index (χ4n) is 3.15. The lowest BCUT2D eigenvalue weighted by Gasteiger charge is -2.25. The standard InChI is InChI=1S/C23H23FN2O5S2/c1-17(18-8-12-21(13-9-18)32(2,28)29)25-23(27)16-26(20-6-4-3-5-7-20)33(30,31)22-14-10-19(24)11-15-22/h3-15,17H,16H2,1-2H3,(H,25,27)/t17-/m1/s1. The Hall–Kier alpha value is -3.24. The molecule has 33 heavy (non-hydrogen) atoms. The van der Waals surface area contributed by atoms with Crippen molar-refractivity contribution in [1.29, 1.82) is 0 Å². The summed E-state index contributed by atoms with van der Waals surface area (Å²) in [5.74, 6) is -1.14. The summed E-state index contributed by atoms with van der Waals surface area (Å²) in [7, 11) is -7.49. The Balaban J connectivity index is 1.83. The highest BCUT2D eigenvalue weighted by Gasteiger charge is 2.27. The molecule has 1 N–H and O–H groups in total. The summed E-state index contributed by atoms with van der Waals surface area (Å²) in [4.78, 5) is 12.8. The zero-order valence-electron chi connectivity index (χ0n) is 18.0. The highest BCUT2D eigenvalue weighted by molar-refractivity contribution is 7.93. The van der Waals surface area contributed by atoms with Crippen molar-refractivity contribution >= 4 is 31.5 Å². The Morgan fingerprint density at radius 1 is 0.879 bits per heavy atom. The van der Waals surface area contributed by atoms with Crippen molar-refractivity contribution in [3.8, 4) is 0 Å². The molecule has 0 aliphatic rings. The molecular formula is C23H23FN2O5S2. The lowest BCUT2D eigenvalue weighted by molar-refractivity contribution is -0.120. The molecule has 3 aromatic carbocycles. The molecule has 1 atom stereocenters. The molecule has 3 rings (SSSR count). The number of anilines is 1. The first-order chi connectivity index (χ1) is 15.5. The number of hydrogen-bond donors (Lipinski definition) is 1. The molecule has 7 nitrogen and oxygen atoms in total. The molecule has 0 aliphatic heterocycles. The summed E-state index contributed by atoms with van der Waals surface area (Å²) in [6.45, 7) is 1.20. The predicted molar refractivity (Wildman–Crippen MR) is 123 cm³/mol. The lowest BCUT2D eigenvalue weighted by Crippen LogP contribution is -2.41. The summed E-state index contributed by atoms with van der Waals surface area (Å²) in [5, 5.41) is 2.73. The van der Waals surface area contributed by atoms with Gasteiger partial charge in [0, 0.05) is 6.26 Å². The smallest absolute Gasteiger partial charge is 0.264 e. The van der Waals surface area contributed by atoms with E-state index in [9.17, 15) is 26.0 Å². The molecule has 0 aromatic heterocycles. The third-order valence-electron chi connectivity index (χ3n) is 4.92. The van der Waals surface area contributed by atoms with Gasteiger partial charge in [0.15, 0.2) is 9.84 Å². The number of carbonyl (C=O) groups is 1. The fourth-order valence-corrected chi connectivity index (χ4v) is 5.20. The average Bonchev–Trinajstić information content (AvgIpc) is 2.77. The number of halogens is 1. The van der Waals surface area contributed by atoms with Crippen LogP contribution < -0.4 is 9.62 Å². The molecule has 1 amide bonds. The Morgan fingerprint density at radius 3 is 1.97 bits per heavy atom. The van der Waals surface area contributed by atoms with Crippen molar-refractivity contribution in [1.82, 2.24) is 5.32 Å². The van der Waals surface area contributed by atoms with Gasteiger partial charge in [-0.2, -0.15) is 0 Å². The van der Waals surface area contributed by atoms with Crippen LogP contribution in [0, 0.1) is 5.82 Å². The average molecular weight is 491 g/mol. The van der Waals surface area contributed by atoms with Gasteiger partial charge in [-0.15, -0.1) is 0 Å². The van der Waals surface area contributed by atoms with Crippen molar-refractivity contribution in [2.24, 2.45) is 0 Å². The maximum atomic E-state index is 13.3. The second-order valence-electron chi connectivity index (χ2n) is 7.43. The number of carbonyl (C=O) groups excluding carboxylic acids is 1. The maximum Gasteiger partial charge on any atom is 0.264 e. The van der Waals surface area contributed by atoms with E-state index in [0.29, 0.717) is 5.56 Å². The Kier molecular flexibility index (Phi) is 7.19. The molecule has 174 valence electrons. The first-order valence-corrected chi connectivity index (χ1v) is 13.2. The van der Waals surface area contributed by atoms with E-state index in [4.69, 9.17) is 0 Å². The molecule has 0 heterocycles. The summed E-state index contributed by atoms with van der Waals surface area (Å²) in [5.41, 5.74) is 0.936. The van der Waals surface area contributed by atoms with E-state index in [1.807, 2.05) is 0 Å². The van der Waals surface area contributed by atoms with Crippen LogP contribution >= 0.6 is 0 Å². The van der Waals surface area contributed by atoms with Gasteiger partial charge in [0.05, 0.1) is 21.5 Å². The fraction of sp³-hybridized carbons (Fsp3) is 0.174. The van der Waals surface area contributed by atoms with Gasteiger partial charge >= 0.3 is 0 Å². The normalized spacial score (nSPS) is 12.7. The van der Waals surface area contributed by atoms with Gasteiger partial charge in [-0.3, -0.25) is 9.10 Å². The predicted octanol–water partition coefficient (Wildman–Crippen LogP) is 3.30. The number of para-hydroxylation sites is 1. The van der Waals surface area contributed by atoms with Crippen LogP contribution in [0.2, 0.25) is 0 Å². The second kappa shape index (κ2) is 9.72. The molecule has 0 unspecified atom stereocenters. The number of hydrogen-bond acceptors (Lipinski definition) is 5. The van der Waals surface area contributed by atoms with E-state index >= 15 is 0 Å². The molecule has 0 fully saturated rings. The number of sulfonamides is 1. The Bertz CT molecular complexity index is 1330. The maximum absolute atomic E-state index is 13.3. The molecule has 0 spiro atoms. The highest BCUT2D eigenvalue weighted by Crippen LogP contribution is 2.24. The largest absolute Gasteiger partial charge is 0.348 e. The number of rotatable bonds is 8. The van der Waals surface area contributed by atoms with Gasteiger partial charge in [0.25, 0.3) is 10.0 Å². The quantitative estimate of drug-likeness (QED) is 0.522. The molecule has 10 heteroatoms. The van der Waals surface area contributed by atoms with Crippen molar-refractivity contribution in [3.05, 3.63) is 90.2 Å². The van der Waals surface area contributed by atoms with Crippen LogP contribution in [0.15, 0.2) is 88.7 Å². The first kappa shape index (κ1) is 24.4. The third kappa shape index (κ3) is 5.96. The molecule has 0 aliphatic carbocycles. The van der Waals surface area contributed by atoms with Gasteiger partial charge in [-0.05, 0) is 61.0 Å². The van der Waals surface area contributed by atoms with E-state index < -0.39 is 44.2 Å². The summed E-state index contributed by atoms with van der Waals surface area (Å²) >= 11 is 0. The van der Waals surface area contributed by atoms with Crippen LogP contribution in [-0.4, -0.2) is 35.5 Å². The number of sulfone groups is 1. The molecule has 0 saturated heterocycles. The Labute approximate surface area is 192 Å². The van der Waals surface area contributed by atoms with Crippen molar-refractivity contribution in [2.75, 3.05) is 17.1 Å². The van der Waals surface area contributed by atoms with Crippen LogP contribution in [0.25, 0.3) is 0 Å². The highest BCUT2D eigenvalue weighted by atomic mass is 32.2.